The Morgan fingerprint density at radius 1 is 1.21 bits per heavy atom. The lowest BCUT2D eigenvalue weighted by atomic mass is 9.82. The van der Waals surface area contributed by atoms with Crippen molar-refractivity contribution in [2.24, 2.45) is 11.8 Å². The molecule has 0 aliphatic heterocycles. The van der Waals surface area contributed by atoms with Gasteiger partial charge in [0.15, 0.2) is 0 Å². The highest BCUT2D eigenvalue weighted by atomic mass is 16.1. The van der Waals surface area contributed by atoms with Gasteiger partial charge in [0.25, 0.3) is 0 Å². The molecule has 0 radical (unpaired) electrons. The van der Waals surface area contributed by atoms with Crippen molar-refractivity contribution in [3.05, 3.63) is 29.8 Å². The number of amides is 1. The van der Waals surface area contributed by atoms with Crippen LogP contribution >= 0.6 is 0 Å². The van der Waals surface area contributed by atoms with Crippen molar-refractivity contribution in [3.8, 4) is 0 Å². The summed E-state index contributed by atoms with van der Waals surface area (Å²) in [6.07, 6.45) is 4.41. The van der Waals surface area contributed by atoms with Gasteiger partial charge >= 0.3 is 0 Å². The van der Waals surface area contributed by atoms with Crippen LogP contribution in [0.1, 0.15) is 38.2 Å². The maximum atomic E-state index is 12.3. The Labute approximate surface area is 115 Å². The molecule has 0 atom stereocenters. The summed E-state index contributed by atoms with van der Waals surface area (Å²) in [6.45, 7) is 3.05. The largest absolute Gasteiger partial charge is 0.326 e. The van der Waals surface area contributed by atoms with E-state index in [1.54, 1.807) is 0 Å². The number of anilines is 1. The molecular formula is C16H24N2O. The summed E-state index contributed by atoms with van der Waals surface area (Å²) < 4.78 is 0. The Kier molecular flexibility index (Phi) is 4.97. The number of para-hydroxylation sites is 1. The summed E-state index contributed by atoms with van der Waals surface area (Å²) >= 11 is 0. The molecule has 1 amide bonds. The molecule has 0 unspecified atom stereocenters. The molecule has 0 aromatic heterocycles. The molecule has 19 heavy (non-hydrogen) atoms. The number of benzene rings is 1. The minimum absolute atomic E-state index is 0.190. The van der Waals surface area contributed by atoms with Crippen molar-refractivity contribution in [1.82, 2.24) is 5.32 Å². The molecule has 1 fully saturated rings. The average molecular weight is 260 g/mol. The number of hydrogen-bond acceptors (Lipinski definition) is 2. The van der Waals surface area contributed by atoms with Crippen LogP contribution in [0.2, 0.25) is 0 Å². The van der Waals surface area contributed by atoms with Gasteiger partial charge in [-0.25, -0.2) is 0 Å². The molecular weight excluding hydrogens is 236 g/mol. The van der Waals surface area contributed by atoms with E-state index in [-0.39, 0.29) is 11.8 Å². The van der Waals surface area contributed by atoms with Crippen molar-refractivity contribution >= 4 is 11.6 Å². The van der Waals surface area contributed by atoms with Gasteiger partial charge in [-0.2, -0.15) is 0 Å². The fourth-order valence-electron chi connectivity index (χ4n) is 2.74. The van der Waals surface area contributed by atoms with E-state index >= 15 is 0 Å². The summed E-state index contributed by atoms with van der Waals surface area (Å²) in [5.41, 5.74) is 2.09. The minimum Gasteiger partial charge on any atom is -0.326 e. The summed E-state index contributed by atoms with van der Waals surface area (Å²) in [7, 11) is 1.92. The third-order valence-electron chi connectivity index (χ3n) is 4.03. The highest BCUT2D eigenvalue weighted by Gasteiger charge is 2.24. The van der Waals surface area contributed by atoms with Gasteiger partial charge < -0.3 is 10.6 Å². The lowest BCUT2D eigenvalue weighted by Crippen LogP contribution is -2.27. The standard InChI is InChI=1S/C16H24N2O/c1-12-7-9-13(10-8-12)16(19)18-15-6-4-3-5-14(15)11-17-2/h3-6,12-13,17H,7-11H2,1-2H3,(H,18,19). The van der Waals surface area contributed by atoms with Crippen LogP contribution in [0, 0.1) is 11.8 Å². The molecule has 2 rings (SSSR count). The number of hydrogen-bond donors (Lipinski definition) is 2. The summed E-state index contributed by atoms with van der Waals surface area (Å²) in [5.74, 6) is 1.16. The van der Waals surface area contributed by atoms with E-state index in [9.17, 15) is 4.79 Å². The van der Waals surface area contributed by atoms with E-state index in [4.69, 9.17) is 0 Å². The Bertz CT molecular complexity index is 423. The SMILES string of the molecule is CNCc1ccccc1NC(=O)C1CCC(C)CC1. The quantitative estimate of drug-likeness (QED) is 0.873. The molecule has 1 aromatic carbocycles. The lowest BCUT2D eigenvalue weighted by Gasteiger charge is -2.25. The summed E-state index contributed by atoms with van der Waals surface area (Å²) in [5, 5.41) is 6.23. The van der Waals surface area contributed by atoms with Gasteiger partial charge in [0, 0.05) is 18.2 Å². The van der Waals surface area contributed by atoms with E-state index in [0.29, 0.717) is 0 Å². The van der Waals surface area contributed by atoms with E-state index in [1.165, 1.54) is 12.8 Å². The minimum atomic E-state index is 0.190. The van der Waals surface area contributed by atoms with E-state index in [1.807, 2.05) is 25.2 Å². The Morgan fingerprint density at radius 3 is 2.58 bits per heavy atom. The number of nitrogens with one attached hydrogen (secondary N) is 2. The van der Waals surface area contributed by atoms with Crippen LogP contribution in [-0.2, 0) is 11.3 Å². The third-order valence-corrected chi connectivity index (χ3v) is 4.03. The van der Waals surface area contributed by atoms with Crippen molar-refractivity contribution in [3.63, 3.8) is 0 Å². The van der Waals surface area contributed by atoms with Crippen molar-refractivity contribution in [1.29, 1.82) is 0 Å². The van der Waals surface area contributed by atoms with Crippen LogP contribution in [0.25, 0.3) is 0 Å². The normalized spacial score (nSPS) is 23.1. The molecule has 3 heteroatoms. The van der Waals surface area contributed by atoms with Gasteiger partial charge in [-0.15, -0.1) is 0 Å². The van der Waals surface area contributed by atoms with Crippen LogP contribution in [0.4, 0.5) is 5.69 Å². The molecule has 2 N–H and O–H groups in total. The maximum absolute atomic E-state index is 12.3. The fraction of sp³-hybridized carbons (Fsp3) is 0.562. The van der Waals surface area contributed by atoms with Crippen LogP contribution in [-0.4, -0.2) is 13.0 Å². The molecule has 0 spiro atoms. The third kappa shape index (κ3) is 3.80. The van der Waals surface area contributed by atoms with E-state index in [0.717, 1.165) is 36.6 Å². The highest BCUT2D eigenvalue weighted by molar-refractivity contribution is 5.93. The first-order chi connectivity index (χ1) is 9.20. The van der Waals surface area contributed by atoms with Crippen LogP contribution in [0.3, 0.4) is 0 Å². The molecule has 1 aliphatic carbocycles. The highest BCUT2D eigenvalue weighted by Crippen LogP contribution is 2.29. The zero-order valence-corrected chi connectivity index (χ0v) is 11.9. The molecule has 3 nitrogen and oxygen atoms in total. The molecule has 104 valence electrons. The predicted octanol–water partition coefficient (Wildman–Crippen LogP) is 3.17. The summed E-state index contributed by atoms with van der Waals surface area (Å²) in [6, 6.07) is 8.01. The number of rotatable bonds is 4. The molecule has 0 heterocycles. The average Bonchev–Trinajstić information content (AvgIpc) is 2.42. The van der Waals surface area contributed by atoms with Gasteiger partial charge in [0.2, 0.25) is 5.91 Å². The van der Waals surface area contributed by atoms with Gasteiger partial charge in [-0.1, -0.05) is 25.1 Å². The lowest BCUT2D eigenvalue weighted by molar-refractivity contribution is -0.121. The maximum Gasteiger partial charge on any atom is 0.227 e. The Morgan fingerprint density at radius 2 is 1.89 bits per heavy atom. The molecule has 0 saturated heterocycles. The summed E-state index contributed by atoms with van der Waals surface area (Å²) in [4.78, 5) is 12.3. The van der Waals surface area contributed by atoms with Gasteiger partial charge in [-0.3, -0.25) is 4.79 Å². The molecule has 1 saturated carbocycles. The molecule has 1 aromatic rings. The first-order valence-corrected chi connectivity index (χ1v) is 7.24. The van der Waals surface area contributed by atoms with Crippen molar-refractivity contribution < 1.29 is 4.79 Å². The van der Waals surface area contributed by atoms with Gasteiger partial charge in [0.05, 0.1) is 0 Å². The zero-order valence-electron chi connectivity index (χ0n) is 11.9. The van der Waals surface area contributed by atoms with E-state index in [2.05, 4.69) is 23.6 Å². The van der Waals surface area contributed by atoms with Gasteiger partial charge in [-0.05, 0) is 50.3 Å². The monoisotopic (exact) mass is 260 g/mol. The van der Waals surface area contributed by atoms with Crippen LogP contribution in [0.15, 0.2) is 24.3 Å². The second kappa shape index (κ2) is 6.71. The zero-order chi connectivity index (χ0) is 13.7. The molecule has 0 bridgehead atoms. The van der Waals surface area contributed by atoms with Gasteiger partial charge in [0.1, 0.15) is 0 Å². The van der Waals surface area contributed by atoms with Crippen molar-refractivity contribution in [2.75, 3.05) is 12.4 Å². The first-order valence-electron chi connectivity index (χ1n) is 7.24. The number of carbonyl (C=O) groups excluding carboxylic acids is 1. The predicted molar refractivity (Wildman–Crippen MR) is 79.0 cm³/mol. The first kappa shape index (κ1) is 14.1. The fourth-order valence-corrected chi connectivity index (χ4v) is 2.74. The van der Waals surface area contributed by atoms with Crippen LogP contribution < -0.4 is 10.6 Å². The van der Waals surface area contributed by atoms with Crippen LogP contribution in [0.5, 0.6) is 0 Å². The Hall–Kier alpha value is -1.35. The molecule has 1 aliphatic rings. The van der Waals surface area contributed by atoms with E-state index < -0.39 is 0 Å². The Balaban J connectivity index is 1.98. The topological polar surface area (TPSA) is 41.1 Å². The second-order valence-electron chi connectivity index (χ2n) is 5.63. The smallest absolute Gasteiger partial charge is 0.227 e. The van der Waals surface area contributed by atoms with Crippen molar-refractivity contribution in [2.45, 2.75) is 39.2 Å². The second-order valence-corrected chi connectivity index (χ2v) is 5.63. The number of carbonyl (C=O) groups is 1.